The molecule has 1 aromatic carbocycles. The van der Waals surface area contributed by atoms with Gasteiger partial charge in [-0.1, -0.05) is 24.6 Å². The van der Waals surface area contributed by atoms with E-state index < -0.39 is 0 Å². The van der Waals surface area contributed by atoms with E-state index in [1.165, 1.54) is 12.0 Å². The molecule has 2 aliphatic rings. The third-order valence-corrected chi connectivity index (χ3v) is 4.87. The van der Waals surface area contributed by atoms with Gasteiger partial charge < -0.3 is 20.1 Å². The van der Waals surface area contributed by atoms with Crippen molar-refractivity contribution in [2.75, 3.05) is 40.0 Å². The molecular formula is C17H26IN3O2. The molecule has 5 nitrogen and oxygen atoms in total. The Hall–Kier alpha value is -1.02. The smallest absolute Gasteiger partial charge is 0.191 e. The minimum atomic E-state index is 0. The van der Waals surface area contributed by atoms with Crippen LogP contribution in [0.2, 0.25) is 0 Å². The van der Waals surface area contributed by atoms with E-state index in [0.717, 1.165) is 51.4 Å². The Kier molecular flexibility index (Phi) is 6.52. The zero-order valence-corrected chi connectivity index (χ0v) is 16.0. The van der Waals surface area contributed by atoms with Gasteiger partial charge in [0.2, 0.25) is 0 Å². The summed E-state index contributed by atoms with van der Waals surface area (Å²) in [6, 6.07) is 8.29. The zero-order chi connectivity index (χ0) is 15.4. The highest BCUT2D eigenvalue weighted by Crippen LogP contribution is 2.47. The van der Waals surface area contributed by atoms with Crippen LogP contribution < -0.4 is 10.5 Å². The molecule has 1 saturated heterocycles. The molecule has 2 fully saturated rings. The molecule has 1 aromatic rings. The summed E-state index contributed by atoms with van der Waals surface area (Å²) < 4.78 is 10.9. The van der Waals surface area contributed by atoms with Crippen molar-refractivity contribution in [2.45, 2.75) is 24.7 Å². The fourth-order valence-corrected chi connectivity index (χ4v) is 3.32. The number of benzene rings is 1. The number of guanidine groups is 1. The predicted molar refractivity (Wildman–Crippen MR) is 103 cm³/mol. The zero-order valence-electron chi connectivity index (χ0n) is 13.7. The predicted octanol–water partition coefficient (Wildman–Crippen LogP) is 2.38. The van der Waals surface area contributed by atoms with E-state index in [-0.39, 0.29) is 29.4 Å². The average molecular weight is 431 g/mol. The van der Waals surface area contributed by atoms with Crippen molar-refractivity contribution in [3.05, 3.63) is 29.8 Å². The Bertz CT molecular complexity index is 540. The van der Waals surface area contributed by atoms with Crippen LogP contribution in [0.5, 0.6) is 5.75 Å². The van der Waals surface area contributed by atoms with Gasteiger partial charge in [-0.05, 0) is 18.9 Å². The molecule has 0 amide bonds. The van der Waals surface area contributed by atoms with Gasteiger partial charge in [-0.2, -0.15) is 0 Å². The van der Waals surface area contributed by atoms with Crippen LogP contribution in [0.15, 0.2) is 29.3 Å². The Labute approximate surface area is 155 Å². The first-order valence-corrected chi connectivity index (χ1v) is 8.01. The molecule has 0 atom stereocenters. The van der Waals surface area contributed by atoms with Crippen molar-refractivity contribution in [3.63, 3.8) is 0 Å². The quantitative estimate of drug-likeness (QED) is 0.452. The fourth-order valence-electron chi connectivity index (χ4n) is 3.32. The average Bonchev–Trinajstić information content (AvgIpc) is 2.55. The maximum atomic E-state index is 6.17. The number of aliphatic imine (C=N–C) groups is 1. The van der Waals surface area contributed by atoms with Crippen molar-refractivity contribution in [1.29, 1.82) is 0 Å². The molecule has 1 aliphatic carbocycles. The minimum Gasteiger partial charge on any atom is -0.496 e. The highest BCUT2D eigenvalue weighted by Gasteiger charge is 2.40. The molecule has 2 N–H and O–H groups in total. The number of hydrogen-bond acceptors (Lipinski definition) is 3. The van der Waals surface area contributed by atoms with Crippen molar-refractivity contribution in [2.24, 2.45) is 10.7 Å². The van der Waals surface area contributed by atoms with Gasteiger partial charge in [0.1, 0.15) is 5.75 Å². The Balaban J connectivity index is 0.00000192. The first-order chi connectivity index (χ1) is 10.7. The number of rotatable bonds is 4. The summed E-state index contributed by atoms with van der Waals surface area (Å²) in [5, 5.41) is 0. The third kappa shape index (κ3) is 3.91. The van der Waals surface area contributed by atoms with Crippen LogP contribution in [-0.2, 0) is 10.2 Å². The van der Waals surface area contributed by atoms with Crippen molar-refractivity contribution in [1.82, 2.24) is 4.90 Å². The van der Waals surface area contributed by atoms with E-state index in [4.69, 9.17) is 20.2 Å². The normalized spacial score (nSPS) is 20.4. The summed E-state index contributed by atoms with van der Waals surface area (Å²) in [7, 11) is 1.73. The van der Waals surface area contributed by atoms with Gasteiger partial charge in [0.25, 0.3) is 0 Å². The summed E-state index contributed by atoms with van der Waals surface area (Å²) in [6.07, 6.45) is 3.53. The Morgan fingerprint density at radius 2 is 2.00 bits per heavy atom. The molecular weight excluding hydrogens is 405 g/mol. The van der Waals surface area contributed by atoms with E-state index in [1.54, 1.807) is 7.11 Å². The number of nitrogens with zero attached hydrogens (tertiary/aromatic N) is 2. The van der Waals surface area contributed by atoms with Gasteiger partial charge in [-0.15, -0.1) is 24.0 Å². The SMILES string of the molecule is COc1ccccc1C1(CN=C(N)N2CCOCC2)CCC1.I. The number of morpholine rings is 1. The van der Waals surface area contributed by atoms with Crippen LogP contribution in [0.1, 0.15) is 24.8 Å². The largest absolute Gasteiger partial charge is 0.496 e. The van der Waals surface area contributed by atoms with Crippen LogP contribution >= 0.6 is 24.0 Å². The lowest BCUT2D eigenvalue weighted by atomic mass is 9.64. The molecule has 0 bridgehead atoms. The lowest BCUT2D eigenvalue weighted by Crippen LogP contribution is -2.46. The third-order valence-electron chi connectivity index (χ3n) is 4.87. The van der Waals surface area contributed by atoms with Gasteiger partial charge in [0.05, 0.1) is 26.9 Å². The van der Waals surface area contributed by atoms with Crippen molar-refractivity contribution < 1.29 is 9.47 Å². The summed E-state index contributed by atoms with van der Waals surface area (Å²) >= 11 is 0. The number of hydrogen-bond donors (Lipinski definition) is 1. The molecule has 128 valence electrons. The Morgan fingerprint density at radius 3 is 2.61 bits per heavy atom. The number of para-hydroxylation sites is 1. The molecule has 0 aromatic heterocycles. The van der Waals surface area contributed by atoms with Gasteiger partial charge in [-0.3, -0.25) is 4.99 Å². The number of methoxy groups -OCH3 is 1. The van der Waals surface area contributed by atoms with E-state index in [2.05, 4.69) is 17.0 Å². The highest BCUT2D eigenvalue weighted by atomic mass is 127. The van der Waals surface area contributed by atoms with Crippen LogP contribution in [-0.4, -0.2) is 50.8 Å². The molecule has 6 heteroatoms. The molecule has 23 heavy (non-hydrogen) atoms. The molecule has 3 rings (SSSR count). The molecule has 1 heterocycles. The second kappa shape index (κ2) is 8.19. The number of nitrogens with two attached hydrogens (primary N) is 1. The molecule has 1 aliphatic heterocycles. The second-order valence-electron chi connectivity index (χ2n) is 6.11. The Morgan fingerprint density at radius 1 is 1.30 bits per heavy atom. The lowest BCUT2D eigenvalue weighted by Gasteiger charge is -2.42. The topological polar surface area (TPSA) is 60.1 Å². The molecule has 1 saturated carbocycles. The number of halogens is 1. The summed E-state index contributed by atoms with van der Waals surface area (Å²) in [5.74, 6) is 1.60. The van der Waals surface area contributed by atoms with Crippen molar-refractivity contribution >= 4 is 29.9 Å². The standard InChI is InChI=1S/C17H25N3O2.HI/c1-21-15-6-3-2-5-14(15)17(7-4-8-17)13-19-16(18)20-9-11-22-12-10-20;/h2-3,5-6H,4,7-13H2,1H3,(H2,18,19);1H. The molecule has 0 unspecified atom stereocenters. The maximum Gasteiger partial charge on any atom is 0.191 e. The van der Waals surface area contributed by atoms with E-state index >= 15 is 0 Å². The first-order valence-electron chi connectivity index (χ1n) is 8.01. The summed E-state index contributed by atoms with van der Waals surface area (Å²) in [6.45, 7) is 3.85. The summed E-state index contributed by atoms with van der Waals surface area (Å²) in [5.41, 5.74) is 7.52. The minimum absolute atomic E-state index is 0. The lowest BCUT2D eigenvalue weighted by molar-refractivity contribution is 0.0673. The second-order valence-corrected chi connectivity index (χ2v) is 6.11. The van der Waals surface area contributed by atoms with Gasteiger partial charge >= 0.3 is 0 Å². The van der Waals surface area contributed by atoms with Gasteiger partial charge in [0.15, 0.2) is 5.96 Å². The first kappa shape index (κ1) is 18.3. The maximum absolute atomic E-state index is 6.17. The molecule has 0 spiro atoms. The van der Waals surface area contributed by atoms with Crippen molar-refractivity contribution in [3.8, 4) is 5.75 Å². The fraction of sp³-hybridized carbons (Fsp3) is 0.588. The molecule has 0 radical (unpaired) electrons. The van der Waals surface area contributed by atoms with E-state index in [9.17, 15) is 0 Å². The van der Waals surface area contributed by atoms with Crippen LogP contribution in [0.3, 0.4) is 0 Å². The van der Waals surface area contributed by atoms with Crippen LogP contribution in [0, 0.1) is 0 Å². The van der Waals surface area contributed by atoms with Crippen LogP contribution in [0.4, 0.5) is 0 Å². The number of ether oxygens (including phenoxy) is 2. The van der Waals surface area contributed by atoms with Crippen LogP contribution in [0.25, 0.3) is 0 Å². The van der Waals surface area contributed by atoms with Gasteiger partial charge in [0, 0.05) is 24.1 Å². The van der Waals surface area contributed by atoms with E-state index in [1.807, 2.05) is 12.1 Å². The van der Waals surface area contributed by atoms with Gasteiger partial charge in [-0.25, -0.2) is 0 Å². The van der Waals surface area contributed by atoms with E-state index in [0.29, 0.717) is 5.96 Å². The summed E-state index contributed by atoms with van der Waals surface area (Å²) in [4.78, 5) is 6.81. The monoisotopic (exact) mass is 431 g/mol. The highest BCUT2D eigenvalue weighted by molar-refractivity contribution is 14.0.